The number of H-pyrrole nitrogens is 1. The van der Waals surface area contributed by atoms with Gasteiger partial charge < -0.3 is 14.8 Å². The van der Waals surface area contributed by atoms with Crippen LogP contribution < -0.4 is 10.1 Å². The van der Waals surface area contributed by atoms with E-state index >= 15 is 0 Å². The number of rotatable bonds is 6. The van der Waals surface area contributed by atoms with Gasteiger partial charge in [-0.3, -0.25) is 15.1 Å². The molecule has 0 aliphatic rings. The Labute approximate surface area is 189 Å². The van der Waals surface area contributed by atoms with Gasteiger partial charge in [0.2, 0.25) is 0 Å². The molecular weight excluding hydrogens is 463 g/mol. The summed E-state index contributed by atoms with van der Waals surface area (Å²) < 4.78 is 6.38. The number of fused-ring (bicyclic) bond motifs is 1. The Hall–Kier alpha value is -3.14. The topological polar surface area (TPSA) is 117 Å². The van der Waals surface area contributed by atoms with Crippen molar-refractivity contribution in [3.05, 3.63) is 69.2 Å². The number of benzene rings is 1. The van der Waals surface area contributed by atoms with Gasteiger partial charge in [-0.2, -0.15) is 0 Å². The molecule has 3 N–H and O–H groups in total. The molecule has 1 aromatic carbocycles. The molecule has 3 heterocycles. The number of nitrogens with one attached hydrogen (secondary N) is 2. The van der Waals surface area contributed by atoms with Crippen LogP contribution in [0.3, 0.4) is 0 Å². The van der Waals surface area contributed by atoms with E-state index in [0.717, 1.165) is 16.9 Å². The summed E-state index contributed by atoms with van der Waals surface area (Å²) in [6.07, 6.45) is 3.27. The molecule has 0 atom stereocenters. The maximum Gasteiger partial charge on any atom is 0.335 e. The molecule has 0 aliphatic heterocycles. The Balaban J connectivity index is 1.65. The van der Waals surface area contributed by atoms with Crippen LogP contribution in [-0.4, -0.2) is 31.9 Å². The third-order valence-electron chi connectivity index (χ3n) is 4.35. The van der Waals surface area contributed by atoms with Crippen molar-refractivity contribution in [2.45, 2.75) is 13.5 Å². The highest BCUT2D eigenvalue weighted by molar-refractivity contribution is 7.22. The van der Waals surface area contributed by atoms with E-state index in [4.69, 9.17) is 27.9 Å². The second kappa shape index (κ2) is 8.54. The van der Waals surface area contributed by atoms with E-state index in [1.165, 1.54) is 12.1 Å². The molecule has 4 aromatic rings. The Kier molecular flexibility index (Phi) is 5.81. The number of hydrogen-bond donors (Lipinski definition) is 3. The summed E-state index contributed by atoms with van der Waals surface area (Å²) in [6.45, 7) is 1.90. The first-order chi connectivity index (χ1) is 14.8. The molecule has 31 heavy (non-hydrogen) atoms. The summed E-state index contributed by atoms with van der Waals surface area (Å²) in [6, 6.07) is 6.46. The molecular formula is C20H14Cl2N4O4S. The number of halogens is 2. The van der Waals surface area contributed by atoms with Gasteiger partial charge in [0.1, 0.15) is 23.6 Å². The lowest BCUT2D eigenvalue weighted by Gasteiger charge is -2.08. The average molecular weight is 477 g/mol. The number of aromatic nitrogens is 3. The highest BCUT2D eigenvalue weighted by Crippen LogP contribution is 2.35. The summed E-state index contributed by atoms with van der Waals surface area (Å²) in [7, 11) is 0. The van der Waals surface area contributed by atoms with Crippen LogP contribution in [0, 0.1) is 6.92 Å². The molecule has 3 aromatic heterocycles. The van der Waals surface area contributed by atoms with Gasteiger partial charge in [-0.25, -0.2) is 9.78 Å². The molecule has 1 amide bonds. The summed E-state index contributed by atoms with van der Waals surface area (Å²) >= 11 is 13.3. The summed E-state index contributed by atoms with van der Waals surface area (Å²) in [5, 5.41) is 12.7. The van der Waals surface area contributed by atoms with E-state index in [1.807, 2.05) is 0 Å². The largest absolute Gasteiger partial charge is 0.487 e. The first kappa shape index (κ1) is 21.1. The molecule has 11 heteroatoms. The fraction of sp³-hybridized carbons (Fsp3) is 0.100. The van der Waals surface area contributed by atoms with E-state index in [1.54, 1.807) is 31.5 Å². The standard InChI is InChI=1S/C20H14Cl2N4O4S/c1-9-14(21)15(22)17(24-9)18(27)26-20-25-16-12(30-8-10-2-4-23-5-3-10)6-11(19(28)29)7-13(16)31-20/h2-7,24H,8H2,1H3,(H,28,29)(H,25,26,27). The molecule has 4 rings (SSSR count). The maximum absolute atomic E-state index is 12.6. The van der Waals surface area contributed by atoms with Crippen molar-refractivity contribution < 1.29 is 19.4 Å². The monoisotopic (exact) mass is 476 g/mol. The van der Waals surface area contributed by atoms with Gasteiger partial charge in [0.15, 0.2) is 5.13 Å². The Morgan fingerprint density at radius 1 is 1.23 bits per heavy atom. The Morgan fingerprint density at radius 3 is 2.61 bits per heavy atom. The van der Waals surface area contributed by atoms with Crippen LogP contribution in [0.15, 0.2) is 36.7 Å². The first-order valence-electron chi connectivity index (χ1n) is 8.88. The molecule has 0 bridgehead atoms. The maximum atomic E-state index is 12.6. The number of anilines is 1. The first-order valence-corrected chi connectivity index (χ1v) is 10.4. The number of aryl methyl sites for hydroxylation is 1. The summed E-state index contributed by atoms with van der Waals surface area (Å²) in [5.41, 5.74) is 2.03. The number of carboxylic acid groups (broad SMARTS) is 1. The van der Waals surface area contributed by atoms with E-state index in [9.17, 15) is 14.7 Å². The second-order valence-corrected chi connectivity index (χ2v) is 8.28. The molecule has 0 fully saturated rings. The van der Waals surface area contributed by atoms with Crippen LogP contribution in [0.1, 0.15) is 32.1 Å². The van der Waals surface area contributed by atoms with Crippen LogP contribution in [0.2, 0.25) is 10.0 Å². The molecule has 0 saturated heterocycles. The number of amides is 1. The van der Waals surface area contributed by atoms with E-state index in [-0.39, 0.29) is 33.0 Å². The number of carbonyl (C=O) groups excluding carboxylic acids is 1. The predicted octanol–water partition coefficient (Wildman–Crippen LogP) is 5.16. The van der Waals surface area contributed by atoms with Crippen molar-refractivity contribution in [1.82, 2.24) is 15.0 Å². The Morgan fingerprint density at radius 2 is 1.97 bits per heavy atom. The van der Waals surface area contributed by atoms with Crippen molar-refractivity contribution >= 4 is 61.8 Å². The van der Waals surface area contributed by atoms with Crippen molar-refractivity contribution in [3.63, 3.8) is 0 Å². The lowest BCUT2D eigenvalue weighted by atomic mass is 10.2. The molecule has 158 valence electrons. The SMILES string of the molecule is Cc1[nH]c(C(=O)Nc2nc3c(OCc4ccncc4)cc(C(=O)O)cc3s2)c(Cl)c1Cl. The zero-order valence-electron chi connectivity index (χ0n) is 15.9. The minimum atomic E-state index is -1.10. The van der Waals surface area contributed by atoms with Gasteiger partial charge in [0, 0.05) is 18.1 Å². The quantitative estimate of drug-likeness (QED) is 0.353. The summed E-state index contributed by atoms with van der Waals surface area (Å²) in [5.74, 6) is -1.32. The van der Waals surface area contributed by atoms with E-state index in [0.29, 0.717) is 21.7 Å². The number of aromatic amines is 1. The zero-order chi connectivity index (χ0) is 22.1. The third kappa shape index (κ3) is 4.34. The Bertz CT molecular complexity index is 1300. The lowest BCUT2D eigenvalue weighted by molar-refractivity contribution is 0.0696. The molecule has 0 spiro atoms. The number of aromatic carboxylic acids is 1. The van der Waals surface area contributed by atoms with Crippen LogP contribution in [0.25, 0.3) is 10.2 Å². The number of pyridine rings is 1. The van der Waals surface area contributed by atoms with Gasteiger partial charge in [-0.1, -0.05) is 34.5 Å². The fourth-order valence-corrected chi connectivity index (χ4v) is 4.15. The number of thiazole rings is 1. The number of hydrogen-bond acceptors (Lipinski definition) is 6. The van der Waals surface area contributed by atoms with Gasteiger partial charge in [0.05, 0.1) is 20.3 Å². The number of carboxylic acids is 1. The van der Waals surface area contributed by atoms with Crippen molar-refractivity contribution in [3.8, 4) is 5.75 Å². The smallest absolute Gasteiger partial charge is 0.335 e. The average Bonchev–Trinajstić information content (AvgIpc) is 3.28. The van der Waals surface area contributed by atoms with Gasteiger partial charge in [0.25, 0.3) is 5.91 Å². The number of nitrogens with zero attached hydrogens (tertiary/aromatic N) is 2. The normalized spacial score (nSPS) is 10.9. The van der Waals surface area contributed by atoms with Crippen molar-refractivity contribution in [2.24, 2.45) is 0 Å². The molecule has 0 saturated carbocycles. The van der Waals surface area contributed by atoms with E-state index in [2.05, 4.69) is 20.3 Å². The van der Waals surface area contributed by atoms with Crippen LogP contribution in [0.4, 0.5) is 5.13 Å². The zero-order valence-corrected chi connectivity index (χ0v) is 18.2. The van der Waals surface area contributed by atoms with Gasteiger partial charge in [-0.05, 0) is 36.8 Å². The number of carbonyl (C=O) groups is 2. The second-order valence-electron chi connectivity index (χ2n) is 6.50. The molecule has 8 nitrogen and oxygen atoms in total. The molecule has 0 unspecified atom stereocenters. The van der Waals surface area contributed by atoms with Gasteiger partial charge in [-0.15, -0.1) is 0 Å². The van der Waals surface area contributed by atoms with Crippen molar-refractivity contribution in [2.75, 3.05) is 5.32 Å². The summed E-state index contributed by atoms with van der Waals surface area (Å²) in [4.78, 5) is 35.3. The highest BCUT2D eigenvalue weighted by Gasteiger charge is 2.21. The van der Waals surface area contributed by atoms with Crippen molar-refractivity contribution in [1.29, 1.82) is 0 Å². The minimum absolute atomic E-state index is 0.0496. The van der Waals surface area contributed by atoms with Gasteiger partial charge >= 0.3 is 5.97 Å². The van der Waals surface area contributed by atoms with Crippen LogP contribution in [-0.2, 0) is 6.61 Å². The highest BCUT2D eigenvalue weighted by atomic mass is 35.5. The third-order valence-corrected chi connectivity index (χ3v) is 6.22. The molecule has 0 radical (unpaired) electrons. The minimum Gasteiger partial charge on any atom is -0.487 e. The molecule has 0 aliphatic carbocycles. The van der Waals surface area contributed by atoms with Crippen LogP contribution >= 0.6 is 34.5 Å². The lowest BCUT2D eigenvalue weighted by Crippen LogP contribution is -2.12. The number of ether oxygens (including phenoxy) is 1. The fourth-order valence-electron chi connectivity index (χ4n) is 2.81. The van der Waals surface area contributed by atoms with Crippen LogP contribution in [0.5, 0.6) is 5.75 Å². The predicted molar refractivity (Wildman–Crippen MR) is 119 cm³/mol. The van der Waals surface area contributed by atoms with E-state index < -0.39 is 11.9 Å².